The minimum Gasteiger partial charge on any atom is -0.322 e. The molecule has 0 saturated carbocycles. The van der Waals surface area contributed by atoms with Crippen LogP contribution < -0.4 is 5.32 Å². The number of anilines is 1. The maximum Gasteiger partial charge on any atom is 0.248 e. The van der Waals surface area contributed by atoms with Gasteiger partial charge in [0.2, 0.25) is 5.91 Å². The van der Waals surface area contributed by atoms with Gasteiger partial charge in [-0.15, -0.1) is 10.2 Å². The highest BCUT2D eigenvalue weighted by atomic mass is 16.1. The zero-order chi connectivity index (χ0) is 17.1. The van der Waals surface area contributed by atoms with Crippen molar-refractivity contribution in [3.8, 4) is 11.4 Å². The molecule has 3 rings (SSSR count). The van der Waals surface area contributed by atoms with Crippen molar-refractivity contribution in [1.82, 2.24) is 14.8 Å². The summed E-state index contributed by atoms with van der Waals surface area (Å²) < 4.78 is 2.22. The first-order chi connectivity index (χ1) is 11.5. The summed E-state index contributed by atoms with van der Waals surface area (Å²) in [5.41, 5.74) is 3.82. The molecular formula is C19H24N4O. The predicted octanol–water partition coefficient (Wildman–Crippen LogP) is 3.88. The molecule has 0 aliphatic carbocycles. The fourth-order valence-corrected chi connectivity index (χ4v) is 3.03. The average molecular weight is 324 g/mol. The van der Waals surface area contributed by atoms with Crippen LogP contribution in [0.1, 0.15) is 44.5 Å². The van der Waals surface area contributed by atoms with Gasteiger partial charge in [-0.3, -0.25) is 4.79 Å². The first kappa shape index (κ1) is 16.4. The van der Waals surface area contributed by atoms with Gasteiger partial charge in [-0.25, -0.2) is 0 Å². The minimum absolute atomic E-state index is 0.102. The second-order valence-electron chi connectivity index (χ2n) is 6.64. The van der Waals surface area contributed by atoms with Gasteiger partial charge in [0.15, 0.2) is 5.82 Å². The number of rotatable bonds is 3. The Morgan fingerprint density at radius 1 is 1.21 bits per heavy atom. The van der Waals surface area contributed by atoms with Gasteiger partial charge in [0.05, 0.1) is 0 Å². The van der Waals surface area contributed by atoms with Crippen LogP contribution in [0.15, 0.2) is 29.8 Å². The molecule has 0 spiro atoms. The maximum atomic E-state index is 12.0. The summed E-state index contributed by atoms with van der Waals surface area (Å²) in [7, 11) is 0. The third-order valence-corrected chi connectivity index (χ3v) is 4.28. The Kier molecular flexibility index (Phi) is 4.79. The van der Waals surface area contributed by atoms with Crippen LogP contribution >= 0.6 is 0 Å². The molecule has 5 nitrogen and oxygen atoms in total. The number of carbonyl (C=O) groups is 1. The van der Waals surface area contributed by atoms with Crippen molar-refractivity contribution in [2.45, 2.75) is 53.0 Å². The Bertz CT molecular complexity index is 785. The second kappa shape index (κ2) is 6.99. The lowest BCUT2D eigenvalue weighted by atomic mass is 10.1. The SMILES string of the molecule is CC(C)=CC(=O)Nc1cc(-c2nnc3n2CCCCC3)ccc1C. The summed E-state index contributed by atoms with van der Waals surface area (Å²) in [4.78, 5) is 12.0. The van der Waals surface area contributed by atoms with Gasteiger partial charge >= 0.3 is 0 Å². The molecule has 1 aromatic heterocycles. The van der Waals surface area contributed by atoms with Crippen LogP contribution in [-0.2, 0) is 17.8 Å². The molecule has 0 atom stereocenters. The summed E-state index contributed by atoms with van der Waals surface area (Å²) in [6, 6.07) is 6.06. The predicted molar refractivity (Wildman–Crippen MR) is 95.8 cm³/mol. The Morgan fingerprint density at radius 3 is 2.83 bits per heavy atom. The van der Waals surface area contributed by atoms with E-state index in [0.29, 0.717) is 0 Å². The third kappa shape index (κ3) is 3.55. The molecule has 0 saturated heterocycles. The highest BCUT2D eigenvalue weighted by Crippen LogP contribution is 2.27. The molecule has 0 unspecified atom stereocenters. The second-order valence-corrected chi connectivity index (χ2v) is 6.64. The maximum absolute atomic E-state index is 12.0. The number of allylic oxidation sites excluding steroid dienone is 1. The van der Waals surface area contributed by atoms with Gasteiger partial charge in [-0.1, -0.05) is 24.1 Å². The number of fused-ring (bicyclic) bond motifs is 1. The molecule has 2 heterocycles. The Morgan fingerprint density at radius 2 is 2.04 bits per heavy atom. The van der Waals surface area contributed by atoms with E-state index < -0.39 is 0 Å². The van der Waals surface area contributed by atoms with Crippen molar-refractivity contribution < 1.29 is 4.79 Å². The summed E-state index contributed by atoms with van der Waals surface area (Å²) in [6.45, 7) is 6.78. The van der Waals surface area contributed by atoms with Crippen molar-refractivity contribution >= 4 is 11.6 Å². The van der Waals surface area contributed by atoms with Crippen LogP contribution in [-0.4, -0.2) is 20.7 Å². The lowest BCUT2D eigenvalue weighted by Gasteiger charge is -2.11. The van der Waals surface area contributed by atoms with Gasteiger partial charge in [0, 0.05) is 30.3 Å². The normalized spacial score (nSPS) is 13.8. The van der Waals surface area contributed by atoms with E-state index >= 15 is 0 Å². The van der Waals surface area contributed by atoms with Crippen LogP contribution in [0.25, 0.3) is 11.4 Å². The fraction of sp³-hybridized carbons (Fsp3) is 0.421. The van der Waals surface area contributed by atoms with Crippen molar-refractivity contribution in [2.24, 2.45) is 0 Å². The van der Waals surface area contributed by atoms with E-state index in [1.165, 1.54) is 12.8 Å². The van der Waals surface area contributed by atoms with E-state index in [1.807, 2.05) is 39.0 Å². The summed E-state index contributed by atoms with van der Waals surface area (Å²) in [5.74, 6) is 1.86. The van der Waals surface area contributed by atoms with Crippen molar-refractivity contribution in [3.63, 3.8) is 0 Å². The van der Waals surface area contributed by atoms with Crippen LogP contribution in [0.3, 0.4) is 0 Å². The standard InChI is InChI=1S/C19H24N4O/c1-13(2)11-18(24)20-16-12-15(9-8-14(16)3)19-22-21-17-7-5-4-6-10-23(17)19/h8-9,11-12H,4-7,10H2,1-3H3,(H,20,24). The molecule has 1 amide bonds. The van der Waals surface area contributed by atoms with Gasteiger partial charge in [-0.2, -0.15) is 0 Å². The summed E-state index contributed by atoms with van der Waals surface area (Å²) >= 11 is 0. The largest absolute Gasteiger partial charge is 0.322 e. The topological polar surface area (TPSA) is 59.8 Å². The first-order valence-corrected chi connectivity index (χ1v) is 8.53. The number of hydrogen-bond donors (Lipinski definition) is 1. The van der Waals surface area contributed by atoms with E-state index in [4.69, 9.17) is 0 Å². The molecule has 2 aromatic rings. The van der Waals surface area contributed by atoms with Crippen LogP contribution in [0.4, 0.5) is 5.69 Å². The van der Waals surface area contributed by atoms with Crippen molar-refractivity contribution in [3.05, 3.63) is 41.2 Å². The van der Waals surface area contributed by atoms with Gasteiger partial charge in [0.25, 0.3) is 0 Å². The molecule has 1 aliphatic heterocycles. The van der Waals surface area contributed by atoms with Crippen LogP contribution in [0.5, 0.6) is 0 Å². The lowest BCUT2D eigenvalue weighted by Crippen LogP contribution is -2.10. The Balaban J connectivity index is 1.93. The minimum atomic E-state index is -0.102. The molecule has 126 valence electrons. The third-order valence-electron chi connectivity index (χ3n) is 4.28. The zero-order valence-electron chi connectivity index (χ0n) is 14.6. The monoisotopic (exact) mass is 324 g/mol. The molecule has 0 radical (unpaired) electrons. The quantitative estimate of drug-likeness (QED) is 0.872. The lowest BCUT2D eigenvalue weighted by molar-refractivity contribution is -0.111. The smallest absolute Gasteiger partial charge is 0.248 e. The van der Waals surface area contributed by atoms with Crippen LogP contribution in [0, 0.1) is 6.92 Å². The number of carbonyl (C=O) groups excluding carboxylic acids is 1. The highest BCUT2D eigenvalue weighted by molar-refractivity contribution is 6.00. The molecule has 1 N–H and O–H groups in total. The van der Waals surface area contributed by atoms with E-state index in [9.17, 15) is 4.79 Å². The van der Waals surface area contributed by atoms with E-state index in [0.717, 1.165) is 53.4 Å². The van der Waals surface area contributed by atoms with Crippen molar-refractivity contribution in [2.75, 3.05) is 5.32 Å². The van der Waals surface area contributed by atoms with E-state index in [1.54, 1.807) is 6.08 Å². The van der Waals surface area contributed by atoms with Gasteiger partial charge in [-0.05, 0) is 45.2 Å². The number of benzene rings is 1. The Labute approximate surface area is 142 Å². The van der Waals surface area contributed by atoms with Gasteiger partial charge < -0.3 is 9.88 Å². The number of aryl methyl sites for hydroxylation is 2. The molecule has 1 aliphatic rings. The number of nitrogens with one attached hydrogen (secondary N) is 1. The molecular weight excluding hydrogens is 300 g/mol. The van der Waals surface area contributed by atoms with E-state index in [-0.39, 0.29) is 5.91 Å². The average Bonchev–Trinajstić information content (AvgIpc) is 2.77. The molecule has 0 bridgehead atoms. The summed E-state index contributed by atoms with van der Waals surface area (Å²) in [6.07, 6.45) is 6.17. The molecule has 5 heteroatoms. The first-order valence-electron chi connectivity index (χ1n) is 8.53. The number of nitrogens with zero attached hydrogens (tertiary/aromatic N) is 3. The fourth-order valence-electron chi connectivity index (χ4n) is 3.03. The number of hydrogen-bond acceptors (Lipinski definition) is 3. The Hall–Kier alpha value is -2.43. The number of aromatic nitrogens is 3. The van der Waals surface area contributed by atoms with Crippen LogP contribution in [0.2, 0.25) is 0 Å². The molecule has 1 aromatic carbocycles. The van der Waals surface area contributed by atoms with Crippen molar-refractivity contribution in [1.29, 1.82) is 0 Å². The summed E-state index contributed by atoms with van der Waals surface area (Å²) in [5, 5.41) is 11.7. The number of amides is 1. The molecule has 24 heavy (non-hydrogen) atoms. The highest BCUT2D eigenvalue weighted by Gasteiger charge is 2.16. The van der Waals surface area contributed by atoms with Gasteiger partial charge in [0.1, 0.15) is 5.82 Å². The zero-order valence-corrected chi connectivity index (χ0v) is 14.6. The van der Waals surface area contributed by atoms with E-state index in [2.05, 4.69) is 20.1 Å². The molecule has 0 fully saturated rings.